The van der Waals surface area contributed by atoms with E-state index < -0.39 is 32.9 Å². The molecule has 0 saturated heterocycles. The summed E-state index contributed by atoms with van der Waals surface area (Å²) < 4.78 is 31.7. The molecule has 1 amide bonds. The van der Waals surface area contributed by atoms with Crippen LogP contribution in [-0.2, 0) is 19.6 Å². The molecule has 0 radical (unpaired) electrons. The molecule has 0 aromatic heterocycles. The van der Waals surface area contributed by atoms with Gasteiger partial charge in [0, 0.05) is 30.9 Å². The average Bonchev–Trinajstić information content (AvgIpc) is 2.74. The van der Waals surface area contributed by atoms with Crippen molar-refractivity contribution in [1.29, 1.82) is 0 Å². The van der Waals surface area contributed by atoms with Crippen molar-refractivity contribution in [2.24, 2.45) is 0 Å². The van der Waals surface area contributed by atoms with Crippen LogP contribution < -0.4 is 5.32 Å². The van der Waals surface area contributed by atoms with Gasteiger partial charge in [-0.25, -0.2) is 13.2 Å². The number of amides is 1. The first kappa shape index (κ1) is 24.0. The van der Waals surface area contributed by atoms with Gasteiger partial charge in [0.1, 0.15) is 0 Å². The summed E-state index contributed by atoms with van der Waals surface area (Å²) in [5.41, 5.74) is -0.0497. The number of carbonyl (C=O) groups excluding carboxylic acids is 2. The molecular weight excluding hydrogens is 426 g/mol. The van der Waals surface area contributed by atoms with E-state index in [0.717, 1.165) is 0 Å². The van der Waals surface area contributed by atoms with Crippen LogP contribution in [0.1, 0.15) is 31.1 Å². The summed E-state index contributed by atoms with van der Waals surface area (Å²) in [7, 11) is -3.76. The van der Waals surface area contributed by atoms with Gasteiger partial charge in [-0.05, 0) is 31.2 Å². The summed E-state index contributed by atoms with van der Waals surface area (Å²) >= 11 is 0. The van der Waals surface area contributed by atoms with E-state index in [2.05, 4.69) is 5.32 Å². The zero-order valence-electron chi connectivity index (χ0n) is 17.3. The minimum absolute atomic E-state index is 0.0248. The van der Waals surface area contributed by atoms with Gasteiger partial charge in [-0.15, -0.1) is 0 Å². The fraction of sp³-hybridized carbons (Fsp3) is 0.300. The van der Waals surface area contributed by atoms with E-state index in [9.17, 15) is 28.1 Å². The third-order valence-electron chi connectivity index (χ3n) is 4.39. The highest BCUT2D eigenvalue weighted by Gasteiger charge is 2.24. The quantitative estimate of drug-likeness (QED) is 0.353. The summed E-state index contributed by atoms with van der Waals surface area (Å²) in [6.07, 6.45) is -1.23. The van der Waals surface area contributed by atoms with Crippen molar-refractivity contribution in [1.82, 2.24) is 4.31 Å². The molecule has 2 rings (SSSR count). The summed E-state index contributed by atoms with van der Waals surface area (Å²) in [5.74, 6) is -1.57. The normalized spacial score (nSPS) is 12.3. The van der Waals surface area contributed by atoms with Gasteiger partial charge >= 0.3 is 5.97 Å². The Balaban J connectivity index is 2.12. The first-order chi connectivity index (χ1) is 14.6. The van der Waals surface area contributed by atoms with Crippen molar-refractivity contribution in [3.05, 3.63) is 64.2 Å². The predicted molar refractivity (Wildman–Crippen MR) is 113 cm³/mol. The third kappa shape index (κ3) is 5.86. The maximum Gasteiger partial charge on any atom is 0.338 e. The molecular formula is C20H23N3O7S. The molecule has 31 heavy (non-hydrogen) atoms. The molecule has 0 bridgehead atoms. The molecule has 10 nitrogen and oxygen atoms in total. The number of carbonyl (C=O) groups is 2. The summed E-state index contributed by atoms with van der Waals surface area (Å²) in [6.45, 7) is 5.31. The number of nitrogens with one attached hydrogen (secondary N) is 1. The first-order valence-corrected chi connectivity index (χ1v) is 10.9. The number of sulfonamides is 1. The number of esters is 1. The van der Waals surface area contributed by atoms with E-state index >= 15 is 0 Å². The SMILES string of the molecule is CCN(CC)S(=O)(=O)c1cccc(C(=O)O[C@H](C)C(=O)Nc2cccc([N+](=O)[O-])c2)c1. The van der Waals surface area contributed by atoms with Crippen LogP contribution in [0.15, 0.2) is 53.4 Å². The molecule has 1 N–H and O–H groups in total. The highest BCUT2D eigenvalue weighted by molar-refractivity contribution is 7.89. The Morgan fingerprint density at radius 1 is 1.13 bits per heavy atom. The van der Waals surface area contributed by atoms with Gasteiger partial charge in [0.2, 0.25) is 10.0 Å². The van der Waals surface area contributed by atoms with Gasteiger partial charge in [0.15, 0.2) is 6.10 Å². The fourth-order valence-electron chi connectivity index (χ4n) is 2.72. The van der Waals surface area contributed by atoms with Gasteiger partial charge in [-0.3, -0.25) is 14.9 Å². The number of benzene rings is 2. The van der Waals surface area contributed by atoms with Crippen molar-refractivity contribution in [3.63, 3.8) is 0 Å². The van der Waals surface area contributed by atoms with E-state index in [1.807, 2.05) is 0 Å². The number of nitrogens with zero attached hydrogens (tertiary/aromatic N) is 2. The molecule has 0 aliphatic heterocycles. The van der Waals surface area contributed by atoms with Crippen molar-refractivity contribution >= 4 is 33.3 Å². The van der Waals surface area contributed by atoms with Crippen LogP contribution in [0.2, 0.25) is 0 Å². The average molecular weight is 449 g/mol. The van der Waals surface area contributed by atoms with Crippen LogP contribution >= 0.6 is 0 Å². The third-order valence-corrected chi connectivity index (χ3v) is 6.44. The smallest absolute Gasteiger partial charge is 0.338 e. The van der Waals surface area contributed by atoms with Crippen LogP contribution in [0.25, 0.3) is 0 Å². The fourth-order valence-corrected chi connectivity index (χ4v) is 4.22. The van der Waals surface area contributed by atoms with E-state index in [1.54, 1.807) is 13.8 Å². The molecule has 0 aliphatic rings. The molecule has 1 atom stereocenters. The molecule has 2 aromatic carbocycles. The Morgan fingerprint density at radius 3 is 2.39 bits per heavy atom. The largest absolute Gasteiger partial charge is 0.449 e. The lowest BCUT2D eigenvalue weighted by atomic mass is 10.2. The number of hydrogen-bond donors (Lipinski definition) is 1. The van der Waals surface area contributed by atoms with Crippen LogP contribution in [0.5, 0.6) is 0 Å². The number of nitro groups is 1. The Labute approximate surface area is 180 Å². The molecule has 0 aliphatic carbocycles. The number of rotatable bonds is 9. The van der Waals surface area contributed by atoms with Crippen LogP contribution in [0, 0.1) is 10.1 Å². The first-order valence-electron chi connectivity index (χ1n) is 9.46. The Kier molecular flexibility index (Phi) is 7.83. The summed E-state index contributed by atoms with van der Waals surface area (Å²) in [4.78, 5) is 34.9. The molecule has 0 unspecified atom stereocenters. The molecule has 2 aromatic rings. The van der Waals surface area contributed by atoms with Gasteiger partial charge in [-0.2, -0.15) is 4.31 Å². The molecule has 0 heterocycles. The Hall–Kier alpha value is -3.31. The number of ether oxygens (including phenoxy) is 1. The Morgan fingerprint density at radius 2 is 1.77 bits per heavy atom. The van der Waals surface area contributed by atoms with Gasteiger partial charge in [-0.1, -0.05) is 26.0 Å². The standard InChI is InChI=1S/C20H23N3O7S/c1-4-22(5-2)31(28,29)18-11-6-8-15(12-18)20(25)30-14(3)19(24)21-16-9-7-10-17(13-16)23(26)27/h6-14H,4-5H2,1-3H3,(H,21,24)/t14-/m1/s1. The second-order valence-corrected chi connectivity index (χ2v) is 8.40. The molecule has 0 spiro atoms. The van der Waals surface area contributed by atoms with Crippen molar-refractivity contribution < 1.29 is 27.7 Å². The number of hydrogen-bond acceptors (Lipinski definition) is 7. The summed E-state index contributed by atoms with van der Waals surface area (Å²) in [5, 5.41) is 13.3. The zero-order chi connectivity index (χ0) is 23.2. The van der Waals surface area contributed by atoms with E-state index in [-0.39, 0.29) is 34.9 Å². The van der Waals surface area contributed by atoms with Crippen LogP contribution in [0.3, 0.4) is 0 Å². The number of nitro benzene ring substituents is 1. The highest BCUT2D eigenvalue weighted by Crippen LogP contribution is 2.19. The predicted octanol–water partition coefficient (Wildman–Crippen LogP) is 2.81. The topological polar surface area (TPSA) is 136 Å². The van der Waals surface area contributed by atoms with Gasteiger partial charge in [0.25, 0.3) is 11.6 Å². The minimum atomic E-state index is -3.76. The molecule has 0 fully saturated rings. The second-order valence-electron chi connectivity index (χ2n) is 6.46. The van der Waals surface area contributed by atoms with Gasteiger partial charge < -0.3 is 10.1 Å². The Bertz CT molecular complexity index is 1080. The summed E-state index contributed by atoms with van der Waals surface area (Å²) in [6, 6.07) is 10.7. The van der Waals surface area contributed by atoms with E-state index in [0.29, 0.717) is 0 Å². The lowest BCUT2D eigenvalue weighted by Gasteiger charge is -2.19. The second kappa shape index (κ2) is 10.1. The van der Waals surface area contributed by atoms with Crippen LogP contribution in [-0.4, -0.2) is 48.7 Å². The van der Waals surface area contributed by atoms with Gasteiger partial charge in [0.05, 0.1) is 15.4 Å². The molecule has 0 saturated carbocycles. The van der Waals surface area contributed by atoms with Crippen molar-refractivity contribution in [3.8, 4) is 0 Å². The number of non-ortho nitro benzene ring substituents is 1. The number of anilines is 1. The molecule has 166 valence electrons. The minimum Gasteiger partial charge on any atom is -0.449 e. The van der Waals surface area contributed by atoms with E-state index in [4.69, 9.17) is 4.74 Å². The maximum atomic E-state index is 12.6. The van der Waals surface area contributed by atoms with Crippen molar-refractivity contribution in [2.45, 2.75) is 31.8 Å². The van der Waals surface area contributed by atoms with Crippen LogP contribution in [0.4, 0.5) is 11.4 Å². The van der Waals surface area contributed by atoms with Crippen molar-refractivity contribution in [2.75, 3.05) is 18.4 Å². The highest BCUT2D eigenvalue weighted by atomic mass is 32.2. The zero-order valence-corrected chi connectivity index (χ0v) is 18.1. The van der Waals surface area contributed by atoms with E-state index in [1.165, 1.54) is 59.8 Å². The molecule has 11 heteroatoms. The maximum absolute atomic E-state index is 12.6. The lowest BCUT2D eigenvalue weighted by Crippen LogP contribution is -2.31. The lowest BCUT2D eigenvalue weighted by molar-refractivity contribution is -0.384. The monoisotopic (exact) mass is 449 g/mol.